The first-order valence-corrected chi connectivity index (χ1v) is 40.3. The predicted octanol–water partition coefficient (Wildman–Crippen LogP) is 14.6. The highest BCUT2D eigenvalue weighted by atomic mass is 31.2. The summed E-state index contributed by atoms with van der Waals surface area (Å²) in [5.41, 5.74) is 0. The van der Waals surface area contributed by atoms with Gasteiger partial charge in [-0.2, -0.15) is 0 Å². The van der Waals surface area contributed by atoms with Crippen molar-refractivity contribution in [3.8, 4) is 0 Å². The third kappa shape index (κ3) is 43.3. The molecule has 0 radical (unpaired) electrons. The average Bonchev–Trinajstić information content (AvgIpc) is 0.789. The molecule has 544 valence electrons. The Labute approximate surface area is 553 Å². The fourth-order valence-corrected chi connectivity index (χ4v) is 13.5. The number of methoxy groups -OCH3 is 2. The Bertz CT molecular complexity index is 2000. The summed E-state index contributed by atoms with van der Waals surface area (Å²) in [4.78, 5) is 89.7. The zero-order valence-electron chi connectivity index (χ0n) is 57.4. The van der Waals surface area contributed by atoms with Gasteiger partial charge in [-0.3, -0.25) is 23.2 Å². The van der Waals surface area contributed by atoms with Gasteiger partial charge in [0.05, 0.1) is 25.7 Å². The normalized spacial score (nSPS) is 22.8. The molecular formula is C66H128NO22P3. The van der Waals surface area contributed by atoms with Crippen LogP contribution in [0.1, 0.15) is 285 Å². The Hall–Kier alpha value is -1.11. The van der Waals surface area contributed by atoms with Gasteiger partial charge in [0.15, 0.2) is 12.6 Å². The number of phosphoric ester groups is 3. The van der Waals surface area contributed by atoms with Crippen LogP contribution in [0.25, 0.3) is 0 Å². The van der Waals surface area contributed by atoms with Crippen molar-refractivity contribution in [2.45, 2.75) is 352 Å². The number of unbranched alkanes of at least 4 members (excludes halogenated alkanes) is 31. The van der Waals surface area contributed by atoms with E-state index in [9.17, 15) is 52.6 Å². The molecule has 2 aliphatic heterocycles. The Morgan fingerprint density at radius 2 is 0.837 bits per heavy atom. The summed E-state index contributed by atoms with van der Waals surface area (Å²) >= 11 is 0. The minimum Gasteiger partial charge on any atom is -0.382 e. The first-order chi connectivity index (χ1) is 44.2. The molecule has 26 heteroatoms. The number of phosphoric acid groups is 3. The zero-order chi connectivity index (χ0) is 67.7. The van der Waals surface area contributed by atoms with Gasteiger partial charge < -0.3 is 72.6 Å². The summed E-state index contributed by atoms with van der Waals surface area (Å²) in [6.07, 6.45) is 27.5. The van der Waals surface area contributed by atoms with Gasteiger partial charge in [0.1, 0.15) is 54.6 Å². The molecule has 2 rings (SSSR count). The number of allylic oxidation sites excluding steroid dienone is 2. The molecule has 2 aliphatic rings. The predicted molar refractivity (Wildman–Crippen MR) is 356 cm³/mol. The van der Waals surface area contributed by atoms with E-state index in [1.807, 2.05) is 0 Å². The Kier molecular flexibility index (Phi) is 50.9. The number of ketones is 1. The number of nitrogens with one attached hydrogen (secondary N) is 1. The number of amides is 1. The van der Waals surface area contributed by atoms with Gasteiger partial charge in [0.25, 0.3) is 0 Å². The minimum absolute atomic E-state index is 0.0158. The molecule has 0 aromatic heterocycles. The third-order valence-corrected chi connectivity index (χ3v) is 18.5. The number of Topliss-reactive ketones (excluding diaryl/α,β-unsaturated/α-hetero) is 1. The highest BCUT2D eigenvalue weighted by Crippen LogP contribution is 2.47. The largest absolute Gasteiger partial charge is 0.472 e. The zero-order valence-corrected chi connectivity index (χ0v) is 60.1. The van der Waals surface area contributed by atoms with Crippen LogP contribution in [0, 0.1) is 0 Å². The van der Waals surface area contributed by atoms with E-state index in [0.29, 0.717) is 32.1 Å². The standard InChI is InChI=1S/C66H128NO22P3/c1-7-11-15-19-22-25-26-27-28-29-30-31-33-36-40-44-49-82-64-63(83-50-47-55(80-6)46-42-37-18-14-10-4)61(88-91(73,74)75)56(52-79-5)86-66(64)84-53-57-60(87-90(70,71)72)62(81-48-43-39-35-24-21-17-13-9-3)59(65(85-57)89-92(76,77)78)67-58(69)51-54(68)45-41-38-34-32-23-20-16-12-8-2/h25-26,55-57,59-66H,7-24,27-53H2,1-6H3,(H,67,69)(H2,70,71,72)(H2,73,74,75)(H2,76,77,78)/b26-25-/t55-,56+,57+,59-,60+,61+,62+,63-,64+,65+,66+/m0/s1. The van der Waals surface area contributed by atoms with E-state index in [1.54, 1.807) is 7.11 Å². The maximum atomic E-state index is 13.9. The van der Waals surface area contributed by atoms with E-state index in [0.717, 1.165) is 173 Å². The first-order valence-electron chi connectivity index (χ1n) is 35.7. The molecule has 0 aromatic carbocycles. The van der Waals surface area contributed by atoms with Gasteiger partial charge >= 0.3 is 23.5 Å². The van der Waals surface area contributed by atoms with Crippen LogP contribution < -0.4 is 5.32 Å². The molecule has 2 saturated heterocycles. The molecule has 0 saturated carbocycles. The van der Waals surface area contributed by atoms with E-state index < -0.39 is 110 Å². The van der Waals surface area contributed by atoms with E-state index in [2.05, 4.69) is 45.2 Å². The van der Waals surface area contributed by atoms with E-state index >= 15 is 0 Å². The lowest BCUT2D eigenvalue weighted by Gasteiger charge is -2.47. The molecule has 0 spiro atoms. The summed E-state index contributed by atoms with van der Waals surface area (Å²) < 4.78 is 105. The topological polar surface area (TPSA) is 320 Å². The third-order valence-electron chi connectivity index (χ3n) is 17.0. The average molecular weight is 1380 g/mol. The van der Waals surface area contributed by atoms with Crippen LogP contribution in [0.15, 0.2) is 12.2 Å². The number of carbonyl (C=O) groups excluding carboxylic acids is 2. The highest BCUT2D eigenvalue weighted by molar-refractivity contribution is 7.46. The number of ether oxygens (including phenoxy) is 8. The monoisotopic (exact) mass is 1380 g/mol. The molecule has 2 heterocycles. The van der Waals surface area contributed by atoms with E-state index in [4.69, 9.17) is 51.5 Å². The van der Waals surface area contributed by atoms with Crippen LogP contribution in [-0.4, -0.2) is 156 Å². The van der Waals surface area contributed by atoms with Crippen molar-refractivity contribution in [3.05, 3.63) is 12.2 Å². The van der Waals surface area contributed by atoms with Crippen LogP contribution in [0.3, 0.4) is 0 Å². The van der Waals surface area contributed by atoms with Crippen LogP contribution in [0.4, 0.5) is 0 Å². The molecule has 1 amide bonds. The molecule has 11 atom stereocenters. The first kappa shape index (κ1) is 87.0. The van der Waals surface area contributed by atoms with Crippen molar-refractivity contribution in [2.75, 3.05) is 47.3 Å². The molecule has 0 bridgehead atoms. The summed E-state index contributed by atoms with van der Waals surface area (Å²) in [6, 6.07) is -1.72. The summed E-state index contributed by atoms with van der Waals surface area (Å²) in [7, 11) is -13.3. The van der Waals surface area contributed by atoms with E-state index in [1.165, 1.54) is 45.6 Å². The number of hydrogen-bond donors (Lipinski definition) is 7. The van der Waals surface area contributed by atoms with Crippen molar-refractivity contribution in [1.82, 2.24) is 5.32 Å². The van der Waals surface area contributed by atoms with Crippen LogP contribution in [0.2, 0.25) is 0 Å². The van der Waals surface area contributed by atoms with Crippen molar-refractivity contribution in [2.24, 2.45) is 0 Å². The number of rotatable bonds is 62. The molecule has 23 nitrogen and oxygen atoms in total. The second-order valence-electron chi connectivity index (χ2n) is 25.2. The minimum atomic E-state index is -5.52. The van der Waals surface area contributed by atoms with Gasteiger partial charge in [-0.15, -0.1) is 0 Å². The smallest absolute Gasteiger partial charge is 0.382 e. The second kappa shape index (κ2) is 53.8. The van der Waals surface area contributed by atoms with E-state index in [-0.39, 0.29) is 39.0 Å². The van der Waals surface area contributed by atoms with Crippen molar-refractivity contribution in [1.29, 1.82) is 0 Å². The lowest BCUT2D eigenvalue weighted by molar-refractivity contribution is -0.327. The maximum absolute atomic E-state index is 13.9. The number of carbonyl (C=O) groups is 2. The molecular weight excluding hydrogens is 1250 g/mol. The lowest BCUT2D eigenvalue weighted by atomic mass is 9.95. The fraction of sp³-hybridized carbons (Fsp3) is 0.939. The summed E-state index contributed by atoms with van der Waals surface area (Å²) in [5, 5.41) is 2.59. The van der Waals surface area contributed by atoms with Crippen LogP contribution in [-0.2, 0) is 74.8 Å². The highest BCUT2D eigenvalue weighted by Gasteiger charge is 2.55. The van der Waals surface area contributed by atoms with Crippen molar-refractivity contribution in [3.63, 3.8) is 0 Å². The molecule has 0 aromatic rings. The SMILES string of the molecule is CCCCCC/C=C\CCCCCCCCCCO[C@H]1[C@H](OC[C@H]2O[C@H](OP(=O)(O)O)[C@@H](NC(=O)CC(=O)CCCCCCCCCCC)[C@@H](OCCCCCCCCCC)[C@@H]2OP(=O)(O)O)O[C@H](COC)[C@@H](OP(=O)(O)O)[C@@H]1OCC[C@H](CCCCCCC)OC. The Morgan fingerprint density at radius 1 is 0.435 bits per heavy atom. The van der Waals surface area contributed by atoms with Gasteiger partial charge in [0, 0.05) is 40.5 Å². The fourth-order valence-electron chi connectivity index (χ4n) is 11.9. The number of hydrogen-bond acceptors (Lipinski definition) is 16. The van der Waals surface area contributed by atoms with Crippen molar-refractivity contribution >= 4 is 35.2 Å². The Morgan fingerprint density at radius 3 is 1.32 bits per heavy atom. The molecule has 2 fully saturated rings. The quantitative estimate of drug-likeness (QED) is 0.0129. The molecule has 7 N–H and O–H groups in total. The van der Waals surface area contributed by atoms with Crippen LogP contribution >= 0.6 is 23.5 Å². The van der Waals surface area contributed by atoms with Crippen LogP contribution in [0.5, 0.6) is 0 Å². The molecule has 0 aliphatic carbocycles. The van der Waals surface area contributed by atoms with Crippen molar-refractivity contribution < 1.29 is 104 Å². The van der Waals surface area contributed by atoms with Gasteiger partial charge in [0.2, 0.25) is 5.91 Å². The molecule has 0 unspecified atom stereocenters. The maximum Gasteiger partial charge on any atom is 0.472 e. The van der Waals surface area contributed by atoms with Gasteiger partial charge in [-0.1, -0.05) is 226 Å². The summed E-state index contributed by atoms with van der Waals surface area (Å²) in [5.74, 6) is -1.27. The lowest BCUT2D eigenvalue weighted by Crippen LogP contribution is -2.66. The summed E-state index contributed by atoms with van der Waals surface area (Å²) in [6.45, 7) is 7.67. The van der Waals surface area contributed by atoms with Gasteiger partial charge in [-0.25, -0.2) is 13.7 Å². The second-order valence-corrected chi connectivity index (χ2v) is 28.8. The van der Waals surface area contributed by atoms with Gasteiger partial charge in [-0.05, 0) is 57.8 Å². The Balaban J connectivity index is 2.55. The molecule has 92 heavy (non-hydrogen) atoms.